The van der Waals surface area contributed by atoms with Crippen LogP contribution >= 0.6 is 11.6 Å². The average molecular weight is 291 g/mol. The van der Waals surface area contributed by atoms with Gasteiger partial charge in [0, 0.05) is 27.9 Å². The molecule has 1 amide bonds. The molecule has 0 aliphatic rings. The Balaban J connectivity index is 2.21. The summed E-state index contributed by atoms with van der Waals surface area (Å²) in [4.78, 5) is 22.3. The number of carbonyl (C=O) groups is 1. The van der Waals surface area contributed by atoms with E-state index in [4.69, 9.17) is 11.6 Å². The van der Waals surface area contributed by atoms with Crippen molar-refractivity contribution in [3.63, 3.8) is 0 Å². The van der Waals surface area contributed by atoms with Crippen LogP contribution in [0.1, 0.15) is 15.9 Å². The second kappa shape index (κ2) is 5.71. The third kappa shape index (κ3) is 3.13. The Kier molecular flexibility index (Phi) is 4.00. The number of rotatable bonds is 3. The SMILES string of the molecule is Cc1ccc(NC(=O)c2ccc(Cl)cc2)cc1[N+](=O)[O-]. The monoisotopic (exact) mass is 290 g/mol. The maximum atomic E-state index is 12.0. The van der Waals surface area contributed by atoms with Crippen molar-refractivity contribution in [1.29, 1.82) is 0 Å². The first kappa shape index (κ1) is 14.0. The van der Waals surface area contributed by atoms with Gasteiger partial charge in [-0.05, 0) is 37.3 Å². The van der Waals surface area contributed by atoms with Gasteiger partial charge < -0.3 is 5.32 Å². The number of nitro groups is 1. The highest BCUT2D eigenvalue weighted by Crippen LogP contribution is 2.22. The molecular weight excluding hydrogens is 280 g/mol. The van der Waals surface area contributed by atoms with Gasteiger partial charge in [0.2, 0.25) is 0 Å². The Morgan fingerprint density at radius 1 is 1.20 bits per heavy atom. The number of hydrogen-bond acceptors (Lipinski definition) is 3. The molecule has 1 N–H and O–H groups in total. The van der Waals surface area contributed by atoms with E-state index < -0.39 is 4.92 Å². The minimum Gasteiger partial charge on any atom is -0.322 e. The maximum Gasteiger partial charge on any atom is 0.274 e. The molecule has 0 radical (unpaired) electrons. The number of anilines is 1. The van der Waals surface area contributed by atoms with Crippen LogP contribution in [0.3, 0.4) is 0 Å². The third-order valence-electron chi connectivity index (χ3n) is 2.77. The summed E-state index contributed by atoms with van der Waals surface area (Å²) in [7, 11) is 0. The van der Waals surface area contributed by atoms with Gasteiger partial charge in [0.05, 0.1) is 4.92 Å². The lowest BCUT2D eigenvalue weighted by molar-refractivity contribution is -0.385. The summed E-state index contributed by atoms with van der Waals surface area (Å²) in [6.45, 7) is 1.64. The van der Waals surface area contributed by atoms with E-state index in [-0.39, 0.29) is 11.6 Å². The van der Waals surface area contributed by atoms with Crippen molar-refractivity contribution < 1.29 is 9.72 Å². The van der Waals surface area contributed by atoms with Gasteiger partial charge >= 0.3 is 0 Å². The molecule has 0 heterocycles. The number of hydrogen-bond donors (Lipinski definition) is 1. The van der Waals surface area contributed by atoms with Crippen LogP contribution in [-0.4, -0.2) is 10.8 Å². The molecule has 2 aromatic rings. The fourth-order valence-electron chi connectivity index (χ4n) is 1.69. The Morgan fingerprint density at radius 3 is 2.45 bits per heavy atom. The highest BCUT2D eigenvalue weighted by Gasteiger charge is 2.13. The van der Waals surface area contributed by atoms with Gasteiger partial charge in [0.1, 0.15) is 0 Å². The van der Waals surface area contributed by atoms with Crippen LogP contribution in [0.15, 0.2) is 42.5 Å². The van der Waals surface area contributed by atoms with Crippen molar-refractivity contribution in [3.05, 3.63) is 68.7 Å². The van der Waals surface area contributed by atoms with Crippen molar-refractivity contribution in [1.82, 2.24) is 0 Å². The number of carbonyl (C=O) groups excluding carboxylic acids is 1. The predicted octanol–water partition coefficient (Wildman–Crippen LogP) is 3.81. The van der Waals surface area contributed by atoms with Gasteiger partial charge in [0.15, 0.2) is 0 Å². The summed E-state index contributed by atoms with van der Waals surface area (Å²) < 4.78 is 0. The molecule has 0 saturated heterocycles. The van der Waals surface area contributed by atoms with E-state index in [1.54, 1.807) is 43.3 Å². The molecule has 0 saturated carbocycles. The number of aryl methyl sites for hydroxylation is 1. The lowest BCUT2D eigenvalue weighted by Gasteiger charge is -2.06. The lowest BCUT2D eigenvalue weighted by atomic mass is 10.1. The smallest absolute Gasteiger partial charge is 0.274 e. The average Bonchev–Trinajstić information content (AvgIpc) is 2.41. The molecule has 6 heteroatoms. The lowest BCUT2D eigenvalue weighted by Crippen LogP contribution is -2.11. The van der Waals surface area contributed by atoms with Crippen LogP contribution in [0.25, 0.3) is 0 Å². The van der Waals surface area contributed by atoms with Gasteiger partial charge in [-0.2, -0.15) is 0 Å². The molecule has 5 nitrogen and oxygen atoms in total. The van der Waals surface area contributed by atoms with E-state index in [0.29, 0.717) is 21.8 Å². The van der Waals surface area contributed by atoms with Crippen LogP contribution < -0.4 is 5.32 Å². The minimum absolute atomic E-state index is 0.0288. The molecule has 20 heavy (non-hydrogen) atoms. The first-order valence-electron chi connectivity index (χ1n) is 5.79. The van der Waals surface area contributed by atoms with Crippen molar-refractivity contribution in [2.75, 3.05) is 5.32 Å². The number of nitrogens with zero attached hydrogens (tertiary/aromatic N) is 1. The molecule has 0 unspecified atom stereocenters. The van der Waals surface area contributed by atoms with Gasteiger partial charge in [-0.3, -0.25) is 14.9 Å². The van der Waals surface area contributed by atoms with Crippen molar-refractivity contribution in [2.24, 2.45) is 0 Å². The van der Waals surface area contributed by atoms with E-state index in [1.807, 2.05) is 0 Å². The number of amides is 1. The van der Waals surface area contributed by atoms with Gasteiger partial charge in [0.25, 0.3) is 11.6 Å². The van der Waals surface area contributed by atoms with Crippen molar-refractivity contribution >= 4 is 28.9 Å². The van der Waals surface area contributed by atoms with E-state index in [9.17, 15) is 14.9 Å². The van der Waals surface area contributed by atoms with E-state index in [0.717, 1.165) is 0 Å². The molecule has 0 fully saturated rings. The molecule has 0 bridgehead atoms. The van der Waals surface area contributed by atoms with Crippen LogP contribution in [-0.2, 0) is 0 Å². The molecular formula is C14H11ClN2O3. The van der Waals surface area contributed by atoms with Gasteiger partial charge in [-0.15, -0.1) is 0 Å². The third-order valence-corrected chi connectivity index (χ3v) is 3.02. The topological polar surface area (TPSA) is 72.2 Å². The van der Waals surface area contributed by atoms with Crippen molar-refractivity contribution in [3.8, 4) is 0 Å². The maximum absolute atomic E-state index is 12.0. The summed E-state index contributed by atoms with van der Waals surface area (Å²) in [5.74, 6) is -0.347. The Hall–Kier alpha value is -2.40. The molecule has 0 spiro atoms. The van der Waals surface area contributed by atoms with Gasteiger partial charge in [-0.25, -0.2) is 0 Å². The number of nitro benzene ring substituents is 1. The number of nitrogens with one attached hydrogen (secondary N) is 1. The molecule has 0 aliphatic heterocycles. The fraction of sp³-hybridized carbons (Fsp3) is 0.0714. The summed E-state index contributed by atoms with van der Waals surface area (Å²) in [5, 5.41) is 14.0. The van der Waals surface area contributed by atoms with E-state index in [1.165, 1.54) is 6.07 Å². The Bertz CT molecular complexity index is 669. The molecule has 102 valence electrons. The standard InChI is InChI=1S/C14H11ClN2O3/c1-9-2-7-12(8-13(9)17(19)20)16-14(18)10-3-5-11(15)6-4-10/h2-8H,1H3,(H,16,18). The highest BCUT2D eigenvalue weighted by atomic mass is 35.5. The second-order valence-electron chi connectivity index (χ2n) is 4.22. The zero-order valence-electron chi connectivity index (χ0n) is 10.6. The summed E-state index contributed by atoms with van der Waals surface area (Å²) >= 11 is 5.74. The van der Waals surface area contributed by atoms with Crippen LogP contribution in [0.5, 0.6) is 0 Å². The quantitative estimate of drug-likeness (QED) is 0.690. The fourth-order valence-corrected chi connectivity index (χ4v) is 1.81. The number of halogens is 1. The van der Waals surface area contributed by atoms with Crippen molar-refractivity contribution in [2.45, 2.75) is 6.92 Å². The summed E-state index contributed by atoms with van der Waals surface area (Å²) in [6.07, 6.45) is 0. The molecule has 0 aliphatic carbocycles. The second-order valence-corrected chi connectivity index (χ2v) is 4.66. The van der Waals surface area contributed by atoms with Crippen LogP contribution in [0.2, 0.25) is 5.02 Å². The zero-order chi connectivity index (χ0) is 14.7. The summed E-state index contributed by atoms with van der Waals surface area (Å²) in [5.41, 5.74) is 1.32. The molecule has 2 aromatic carbocycles. The van der Waals surface area contributed by atoms with Crippen LogP contribution in [0, 0.1) is 17.0 Å². The first-order valence-corrected chi connectivity index (χ1v) is 6.17. The molecule has 0 aromatic heterocycles. The largest absolute Gasteiger partial charge is 0.322 e. The Labute approximate surface area is 120 Å². The summed E-state index contributed by atoms with van der Waals surface area (Å²) in [6, 6.07) is 10.9. The number of benzene rings is 2. The predicted molar refractivity (Wildman–Crippen MR) is 77.2 cm³/mol. The highest BCUT2D eigenvalue weighted by molar-refractivity contribution is 6.30. The normalized spacial score (nSPS) is 10.1. The molecule has 0 atom stereocenters. The van der Waals surface area contributed by atoms with E-state index in [2.05, 4.69) is 5.32 Å². The minimum atomic E-state index is -0.479. The van der Waals surface area contributed by atoms with Gasteiger partial charge in [-0.1, -0.05) is 17.7 Å². The molecule has 2 rings (SSSR count). The first-order chi connectivity index (χ1) is 9.47. The van der Waals surface area contributed by atoms with Crippen LogP contribution in [0.4, 0.5) is 11.4 Å². The Morgan fingerprint density at radius 2 is 1.85 bits per heavy atom. The van der Waals surface area contributed by atoms with E-state index >= 15 is 0 Å². The zero-order valence-corrected chi connectivity index (χ0v) is 11.3.